The van der Waals surface area contributed by atoms with Gasteiger partial charge >= 0.3 is 18.1 Å². The molecule has 1 aliphatic rings. The molecule has 0 heterocycles. The Hall–Kier alpha value is -1.88. The van der Waals surface area contributed by atoms with Gasteiger partial charge in [0, 0.05) is 0 Å². The molecule has 1 aliphatic carbocycles. The number of nitrogens with one attached hydrogen (secondary N) is 2. The van der Waals surface area contributed by atoms with E-state index in [1.165, 1.54) is 0 Å². The first-order valence-corrected chi connectivity index (χ1v) is 8.86. The monoisotopic (exact) mass is 397 g/mol. The molecule has 0 aromatic heterocycles. The second-order valence-corrected chi connectivity index (χ2v) is 6.38. The van der Waals surface area contributed by atoms with E-state index in [9.17, 15) is 27.6 Å². The van der Waals surface area contributed by atoms with Crippen molar-refractivity contribution in [2.45, 2.75) is 63.8 Å². The number of halogens is 3. The normalized spacial score (nSPS) is 17.7. The van der Waals surface area contributed by atoms with Crippen LogP contribution in [0.3, 0.4) is 0 Å². The van der Waals surface area contributed by atoms with Gasteiger partial charge in [0.1, 0.15) is 6.54 Å². The Morgan fingerprint density at radius 3 is 2.37 bits per heavy atom. The molecule has 1 fully saturated rings. The van der Waals surface area contributed by atoms with E-state index < -0.39 is 42.7 Å². The Morgan fingerprint density at radius 1 is 1.19 bits per heavy atom. The molecule has 1 amide bonds. The number of hydrazine groups is 1. The molecule has 0 bridgehead atoms. The molecule has 0 aromatic rings. The van der Waals surface area contributed by atoms with Crippen LogP contribution in [0.2, 0.25) is 0 Å². The summed E-state index contributed by atoms with van der Waals surface area (Å²) in [7, 11) is 0. The number of rotatable bonds is 9. The topological polar surface area (TPSA) is 120 Å². The third kappa shape index (κ3) is 8.57. The quantitative estimate of drug-likeness (QED) is 0.391. The van der Waals surface area contributed by atoms with Gasteiger partial charge in [-0.2, -0.15) is 13.2 Å². The molecule has 2 atom stereocenters. The molecule has 0 aromatic carbocycles. The van der Waals surface area contributed by atoms with Crippen molar-refractivity contribution in [2.75, 3.05) is 13.2 Å². The number of carbonyl (C=O) groups excluding carboxylic acids is 3. The molecule has 0 spiro atoms. The maximum absolute atomic E-state index is 12.5. The molecule has 8 nitrogen and oxygen atoms in total. The van der Waals surface area contributed by atoms with Crippen molar-refractivity contribution in [3.05, 3.63) is 0 Å². The molecule has 1 unspecified atom stereocenters. The fourth-order valence-corrected chi connectivity index (χ4v) is 2.94. The van der Waals surface area contributed by atoms with Crippen LogP contribution < -0.4 is 16.6 Å². The Bertz CT molecular complexity index is 510. The third-order valence-electron chi connectivity index (χ3n) is 4.19. The van der Waals surface area contributed by atoms with E-state index in [2.05, 4.69) is 14.9 Å². The van der Waals surface area contributed by atoms with E-state index in [0.717, 1.165) is 32.1 Å². The second kappa shape index (κ2) is 11.1. The van der Waals surface area contributed by atoms with E-state index in [1.807, 2.05) is 5.43 Å². The van der Waals surface area contributed by atoms with Crippen molar-refractivity contribution in [3.63, 3.8) is 0 Å². The Labute approximate surface area is 155 Å². The van der Waals surface area contributed by atoms with Gasteiger partial charge in [0.05, 0.1) is 12.6 Å². The van der Waals surface area contributed by atoms with Gasteiger partial charge in [0.2, 0.25) is 0 Å². The highest BCUT2D eigenvalue weighted by molar-refractivity contribution is 5.85. The largest absolute Gasteiger partial charge is 0.490 e. The maximum atomic E-state index is 12.5. The smallest absolute Gasteiger partial charge is 0.465 e. The van der Waals surface area contributed by atoms with Gasteiger partial charge in [-0.15, -0.1) is 0 Å². The van der Waals surface area contributed by atoms with Crippen molar-refractivity contribution >= 4 is 17.8 Å². The van der Waals surface area contributed by atoms with Gasteiger partial charge in [-0.25, -0.2) is 10.2 Å². The van der Waals surface area contributed by atoms with E-state index in [1.54, 1.807) is 6.92 Å². The first-order valence-electron chi connectivity index (χ1n) is 8.86. The van der Waals surface area contributed by atoms with Gasteiger partial charge in [0.25, 0.3) is 5.91 Å². The molecule has 1 rings (SSSR count). The maximum Gasteiger partial charge on any atom is 0.490 e. The highest BCUT2D eigenvalue weighted by atomic mass is 19.4. The van der Waals surface area contributed by atoms with Crippen LogP contribution in [-0.2, 0) is 23.9 Å². The van der Waals surface area contributed by atoms with Crippen LogP contribution in [0.15, 0.2) is 0 Å². The number of carbonyl (C=O) groups is 3. The fraction of sp³-hybridized carbons (Fsp3) is 0.812. The highest BCUT2D eigenvalue weighted by Crippen LogP contribution is 2.28. The highest BCUT2D eigenvalue weighted by Gasteiger charge is 2.44. The summed E-state index contributed by atoms with van der Waals surface area (Å²) in [4.78, 5) is 34.5. The zero-order chi connectivity index (χ0) is 20.4. The SMILES string of the molecule is CCOC(=O)CNNC(=O)C(OC(=O)C(F)(F)F)[C@H](N)CC1CCCCC1. The van der Waals surface area contributed by atoms with Crippen molar-refractivity contribution in [1.82, 2.24) is 10.9 Å². The average Bonchev–Trinajstić information content (AvgIpc) is 2.59. The van der Waals surface area contributed by atoms with Crippen LogP contribution in [-0.4, -0.2) is 49.3 Å². The van der Waals surface area contributed by atoms with Crippen LogP contribution in [0.4, 0.5) is 13.2 Å². The molecule has 156 valence electrons. The minimum Gasteiger partial charge on any atom is -0.465 e. The van der Waals surface area contributed by atoms with Gasteiger partial charge in [-0.1, -0.05) is 32.1 Å². The van der Waals surface area contributed by atoms with Crippen LogP contribution in [0.5, 0.6) is 0 Å². The summed E-state index contributed by atoms with van der Waals surface area (Å²) >= 11 is 0. The number of nitrogens with two attached hydrogens (primary N) is 1. The number of esters is 2. The molecule has 1 saturated carbocycles. The molecule has 4 N–H and O–H groups in total. The van der Waals surface area contributed by atoms with Gasteiger partial charge in [0.15, 0.2) is 6.10 Å². The van der Waals surface area contributed by atoms with Crippen LogP contribution in [0.25, 0.3) is 0 Å². The number of amides is 1. The van der Waals surface area contributed by atoms with Crippen molar-refractivity contribution < 1.29 is 37.0 Å². The van der Waals surface area contributed by atoms with E-state index in [-0.39, 0.29) is 18.9 Å². The van der Waals surface area contributed by atoms with Crippen LogP contribution >= 0.6 is 0 Å². The zero-order valence-electron chi connectivity index (χ0n) is 15.1. The van der Waals surface area contributed by atoms with Crippen LogP contribution in [0, 0.1) is 5.92 Å². The fourth-order valence-electron chi connectivity index (χ4n) is 2.94. The van der Waals surface area contributed by atoms with E-state index in [4.69, 9.17) is 5.73 Å². The van der Waals surface area contributed by atoms with Gasteiger partial charge in [-0.05, 0) is 19.3 Å². The summed E-state index contributed by atoms with van der Waals surface area (Å²) < 4.78 is 46.5. The first kappa shape index (κ1) is 23.2. The minimum absolute atomic E-state index is 0.131. The van der Waals surface area contributed by atoms with E-state index in [0.29, 0.717) is 0 Å². The summed E-state index contributed by atoms with van der Waals surface area (Å²) in [6.07, 6.45) is -2.07. The molecule has 27 heavy (non-hydrogen) atoms. The van der Waals surface area contributed by atoms with Crippen molar-refractivity contribution in [3.8, 4) is 0 Å². The molecule has 11 heteroatoms. The number of alkyl halides is 3. The third-order valence-corrected chi connectivity index (χ3v) is 4.19. The summed E-state index contributed by atoms with van der Waals surface area (Å²) in [6, 6.07) is -1.11. The Kier molecular flexibility index (Phi) is 9.50. The first-order chi connectivity index (χ1) is 12.6. The lowest BCUT2D eigenvalue weighted by atomic mass is 9.84. The Balaban J connectivity index is 2.68. The zero-order valence-corrected chi connectivity index (χ0v) is 15.1. The van der Waals surface area contributed by atoms with Crippen molar-refractivity contribution in [1.29, 1.82) is 0 Å². The number of hydrogen-bond acceptors (Lipinski definition) is 7. The van der Waals surface area contributed by atoms with E-state index >= 15 is 0 Å². The molecule has 0 radical (unpaired) electrons. The lowest BCUT2D eigenvalue weighted by Gasteiger charge is -2.28. The molecular formula is C16H26F3N3O5. The van der Waals surface area contributed by atoms with Gasteiger partial charge < -0.3 is 15.2 Å². The number of ether oxygens (including phenoxy) is 2. The van der Waals surface area contributed by atoms with Crippen molar-refractivity contribution in [2.24, 2.45) is 11.7 Å². The summed E-state index contributed by atoms with van der Waals surface area (Å²) in [5.74, 6) is -4.08. The molecular weight excluding hydrogens is 371 g/mol. The lowest BCUT2D eigenvalue weighted by Crippen LogP contribution is -2.54. The standard InChI is InChI=1S/C16H26F3N3O5/c1-2-26-12(23)9-21-22-14(24)13(27-15(25)16(17,18)19)11(20)8-10-6-4-3-5-7-10/h10-11,13,21H,2-9,20H2,1H3,(H,22,24)/t11-,13?/m1/s1. The lowest BCUT2D eigenvalue weighted by molar-refractivity contribution is -0.206. The van der Waals surface area contributed by atoms with Gasteiger partial charge in [-0.3, -0.25) is 15.0 Å². The predicted octanol–water partition coefficient (Wildman–Crippen LogP) is 0.942. The average molecular weight is 397 g/mol. The van der Waals surface area contributed by atoms with Crippen LogP contribution in [0.1, 0.15) is 45.4 Å². The summed E-state index contributed by atoms with van der Waals surface area (Å²) in [5.41, 5.74) is 10.1. The number of hydrogen-bond donors (Lipinski definition) is 3. The second-order valence-electron chi connectivity index (χ2n) is 6.38. The summed E-state index contributed by atoms with van der Waals surface area (Å²) in [5, 5.41) is 0. The molecule has 0 aliphatic heterocycles. The molecule has 0 saturated heterocycles. The Morgan fingerprint density at radius 2 is 1.81 bits per heavy atom. The predicted molar refractivity (Wildman–Crippen MR) is 87.9 cm³/mol. The summed E-state index contributed by atoms with van der Waals surface area (Å²) in [6.45, 7) is 1.32. The minimum atomic E-state index is -5.25.